The average Bonchev–Trinajstić information content (AvgIpc) is 3.00. The number of nitrogens with one attached hydrogen (secondary N) is 1. The van der Waals surface area contributed by atoms with E-state index >= 15 is 0 Å². The van der Waals surface area contributed by atoms with E-state index in [1.807, 2.05) is 0 Å². The molecule has 0 aliphatic heterocycles. The van der Waals surface area contributed by atoms with Crippen LogP contribution >= 0.6 is 15.9 Å². The number of carbonyl (C=O) groups is 1. The van der Waals surface area contributed by atoms with E-state index < -0.39 is 12.7 Å². The number of hydrogen-bond acceptors (Lipinski definition) is 4. The first-order chi connectivity index (χ1) is 10.5. The van der Waals surface area contributed by atoms with Gasteiger partial charge < -0.3 is 10.1 Å². The molecule has 0 saturated carbocycles. The quantitative estimate of drug-likeness (QED) is 0.843. The fraction of sp³-hybridized carbons (Fsp3) is 0.308. The Morgan fingerprint density at radius 3 is 2.91 bits per heavy atom. The summed E-state index contributed by atoms with van der Waals surface area (Å²) in [6.07, 6.45) is 2.75. The maximum absolute atomic E-state index is 12.4. The third-order valence-corrected chi connectivity index (χ3v) is 3.40. The maximum atomic E-state index is 12.4. The van der Waals surface area contributed by atoms with Crippen LogP contribution in [-0.2, 0) is 11.3 Å². The van der Waals surface area contributed by atoms with Crippen molar-refractivity contribution in [2.45, 2.75) is 26.1 Å². The molecule has 0 radical (unpaired) electrons. The number of alkyl halides is 2. The van der Waals surface area contributed by atoms with Crippen LogP contribution in [0.4, 0.5) is 8.78 Å². The van der Waals surface area contributed by atoms with Gasteiger partial charge in [-0.3, -0.25) is 4.79 Å². The van der Waals surface area contributed by atoms with Crippen molar-refractivity contribution in [1.82, 2.24) is 20.1 Å². The van der Waals surface area contributed by atoms with Gasteiger partial charge in [0.15, 0.2) is 0 Å². The molecule has 0 saturated heterocycles. The minimum Gasteiger partial charge on any atom is -0.434 e. The first-order valence-electron chi connectivity index (χ1n) is 6.32. The van der Waals surface area contributed by atoms with Gasteiger partial charge in [0.2, 0.25) is 5.91 Å². The van der Waals surface area contributed by atoms with Crippen molar-refractivity contribution in [1.29, 1.82) is 0 Å². The highest BCUT2D eigenvalue weighted by Crippen LogP contribution is 2.24. The summed E-state index contributed by atoms with van der Waals surface area (Å²) in [6.45, 7) is -1.22. The van der Waals surface area contributed by atoms with Crippen LogP contribution in [0.25, 0.3) is 0 Å². The Kier molecular flexibility index (Phi) is 5.42. The number of halogens is 3. The summed E-state index contributed by atoms with van der Waals surface area (Å²) in [7, 11) is 0. The number of aromatic nitrogens is 3. The van der Waals surface area contributed by atoms with Crippen molar-refractivity contribution < 1.29 is 18.3 Å². The molecular formula is C13H13BrF2N4O2. The molecule has 1 atom stereocenters. The maximum Gasteiger partial charge on any atom is 0.387 e. The molecule has 6 nitrogen and oxygen atoms in total. The van der Waals surface area contributed by atoms with Crippen molar-refractivity contribution in [2.75, 3.05) is 0 Å². The molecule has 0 unspecified atom stereocenters. The van der Waals surface area contributed by atoms with E-state index in [4.69, 9.17) is 0 Å². The van der Waals surface area contributed by atoms with Crippen LogP contribution in [0, 0.1) is 0 Å². The molecule has 1 heterocycles. The van der Waals surface area contributed by atoms with Crippen LogP contribution in [0.2, 0.25) is 0 Å². The van der Waals surface area contributed by atoms with Gasteiger partial charge in [-0.25, -0.2) is 9.67 Å². The fourth-order valence-electron chi connectivity index (χ4n) is 1.76. The molecule has 2 aromatic rings. The average molecular weight is 375 g/mol. The van der Waals surface area contributed by atoms with Crippen LogP contribution in [0.5, 0.6) is 5.75 Å². The lowest BCUT2D eigenvalue weighted by molar-refractivity contribution is -0.124. The van der Waals surface area contributed by atoms with Crippen LogP contribution in [0.15, 0.2) is 35.3 Å². The Hall–Kier alpha value is -2.03. The molecule has 9 heteroatoms. The van der Waals surface area contributed by atoms with E-state index in [2.05, 4.69) is 36.1 Å². The van der Waals surface area contributed by atoms with Gasteiger partial charge in [0.25, 0.3) is 0 Å². The summed E-state index contributed by atoms with van der Waals surface area (Å²) in [6, 6.07) is 4.05. The molecule has 22 heavy (non-hydrogen) atoms. The summed E-state index contributed by atoms with van der Waals surface area (Å²) < 4.78 is 31.3. The molecule has 118 valence electrons. The second kappa shape index (κ2) is 7.30. The van der Waals surface area contributed by atoms with Crippen LogP contribution in [0.1, 0.15) is 18.5 Å². The van der Waals surface area contributed by atoms with E-state index in [1.54, 1.807) is 19.1 Å². The number of rotatable bonds is 6. The topological polar surface area (TPSA) is 69.0 Å². The minimum absolute atomic E-state index is 0.0203. The van der Waals surface area contributed by atoms with Crippen LogP contribution in [-0.4, -0.2) is 27.3 Å². The molecular weight excluding hydrogens is 362 g/mol. The molecule has 1 aromatic carbocycles. The number of hydrogen-bond donors (Lipinski definition) is 1. The van der Waals surface area contributed by atoms with Crippen molar-refractivity contribution >= 4 is 21.8 Å². The van der Waals surface area contributed by atoms with E-state index in [-0.39, 0.29) is 18.2 Å². The third kappa shape index (κ3) is 4.23. The van der Waals surface area contributed by atoms with Crippen LogP contribution < -0.4 is 10.1 Å². The zero-order valence-corrected chi connectivity index (χ0v) is 13.1. The Balaban J connectivity index is 2.04. The lowest BCUT2D eigenvalue weighted by Crippen LogP contribution is -2.31. The van der Waals surface area contributed by atoms with Crippen molar-refractivity contribution in [3.8, 4) is 5.75 Å². The highest BCUT2D eigenvalue weighted by atomic mass is 79.9. The number of benzene rings is 1. The zero-order chi connectivity index (χ0) is 16.1. The molecule has 1 aromatic heterocycles. The minimum atomic E-state index is -2.93. The van der Waals surface area contributed by atoms with Gasteiger partial charge in [-0.05, 0) is 25.1 Å². The van der Waals surface area contributed by atoms with Gasteiger partial charge in [0, 0.05) is 16.6 Å². The van der Waals surface area contributed by atoms with Gasteiger partial charge in [-0.15, -0.1) is 0 Å². The van der Waals surface area contributed by atoms with E-state index in [1.165, 1.54) is 23.4 Å². The number of ether oxygens (including phenoxy) is 1. The standard InChI is InChI=1S/C13H13BrF2N4O2/c1-8(20-7-17-6-19-20)12(21)18-5-9-4-10(14)2-3-11(9)22-13(15)16/h2-4,6-8,13H,5H2,1H3,(H,18,21)/t8-/m1/s1. The number of carbonyl (C=O) groups excluding carboxylic acids is 1. The normalized spacial score (nSPS) is 12.2. The molecule has 1 N–H and O–H groups in total. The first-order valence-corrected chi connectivity index (χ1v) is 7.11. The smallest absolute Gasteiger partial charge is 0.387 e. The van der Waals surface area contributed by atoms with Gasteiger partial charge in [-0.1, -0.05) is 15.9 Å². The van der Waals surface area contributed by atoms with Gasteiger partial charge in [-0.2, -0.15) is 13.9 Å². The second-order valence-corrected chi connectivity index (χ2v) is 5.32. The predicted octanol–water partition coefficient (Wildman–Crippen LogP) is 2.52. The van der Waals surface area contributed by atoms with Gasteiger partial charge in [0.1, 0.15) is 24.4 Å². The summed E-state index contributed by atoms with van der Waals surface area (Å²) in [5.74, 6) is -0.291. The summed E-state index contributed by atoms with van der Waals surface area (Å²) in [5.41, 5.74) is 0.439. The molecule has 0 spiro atoms. The zero-order valence-electron chi connectivity index (χ0n) is 11.5. The fourth-order valence-corrected chi connectivity index (χ4v) is 2.17. The van der Waals surface area contributed by atoms with Gasteiger partial charge in [0.05, 0.1) is 0 Å². The second-order valence-electron chi connectivity index (χ2n) is 4.40. The van der Waals surface area contributed by atoms with Crippen molar-refractivity contribution in [2.24, 2.45) is 0 Å². The first kappa shape index (κ1) is 16.3. The Bertz CT molecular complexity index is 637. The predicted molar refractivity (Wildman–Crippen MR) is 77.4 cm³/mol. The Labute approximate surface area is 133 Å². The molecule has 0 fully saturated rings. The van der Waals surface area contributed by atoms with Crippen molar-refractivity contribution in [3.63, 3.8) is 0 Å². The van der Waals surface area contributed by atoms with Crippen molar-refractivity contribution in [3.05, 3.63) is 40.9 Å². The summed E-state index contributed by atoms with van der Waals surface area (Å²) >= 11 is 3.25. The molecule has 0 aliphatic carbocycles. The van der Waals surface area contributed by atoms with E-state index in [0.717, 1.165) is 0 Å². The third-order valence-electron chi connectivity index (χ3n) is 2.90. The molecule has 2 rings (SSSR count). The molecule has 0 aliphatic rings. The number of nitrogens with zero attached hydrogens (tertiary/aromatic N) is 3. The van der Waals surface area contributed by atoms with Gasteiger partial charge >= 0.3 is 6.61 Å². The number of amides is 1. The highest BCUT2D eigenvalue weighted by Gasteiger charge is 2.16. The summed E-state index contributed by atoms with van der Waals surface area (Å²) in [5, 5.41) is 6.53. The van der Waals surface area contributed by atoms with Crippen LogP contribution in [0.3, 0.4) is 0 Å². The summed E-state index contributed by atoms with van der Waals surface area (Å²) in [4.78, 5) is 15.8. The monoisotopic (exact) mass is 374 g/mol. The van der Waals surface area contributed by atoms with E-state index in [9.17, 15) is 13.6 Å². The molecule has 0 bridgehead atoms. The largest absolute Gasteiger partial charge is 0.434 e. The van der Waals surface area contributed by atoms with E-state index in [0.29, 0.717) is 10.0 Å². The molecule has 1 amide bonds. The lowest BCUT2D eigenvalue weighted by atomic mass is 10.2. The Morgan fingerprint density at radius 2 is 2.27 bits per heavy atom. The lowest BCUT2D eigenvalue weighted by Gasteiger charge is -2.14. The highest BCUT2D eigenvalue weighted by molar-refractivity contribution is 9.10. The Morgan fingerprint density at radius 1 is 1.50 bits per heavy atom. The SMILES string of the molecule is C[C@H](C(=O)NCc1cc(Br)ccc1OC(F)F)n1cncn1.